The van der Waals surface area contributed by atoms with Crippen LogP contribution in [-0.2, 0) is 14.3 Å². The maximum atomic E-state index is 12.2. The molecule has 5 nitrogen and oxygen atoms in total. The third-order valence-corrected chi connectivity index (χ3v) is 4.18. The Labute approximate surface area is 130 Å². The van der Waals surface area contributed by atoms with Gasteiger partial charge in [0, 0.05) is 4.88 Å². The third kappa shape index (κ3) is 5.85. The Balaban J connectivity index is 2.59. The van der Waals surface area contributed by atoms with Crippen molar-refractivity contribution in [3.05, 3.63) is 22.4 Å². The highest BCUT2D eigenvalue weighted by Crippen LogP contribution is 2.25. The first-order chi connectivity index (χ1) is 9.97. The Bertz CT molecular complexity index is 446. The van der Waals surface area contributed by atoms with Crippen molar-refractivity contribution in [3.63, 3.8) is 0 Å². The van der Waals surface area contributed by atoms with Crippen LogP contribution in [0.2, 0.25) is 0 Å². The minimum Gasteiger partial charge on any atom is -0.468 e. The fraction of sp³-hybridized carbons (Fsp3) is 0.600. The fourth-order valence-corrected chi connectivity index (χ4v) is 2.93. The molecule has 0 saturated carbocycles. The number of ether oxygens (including phenoxy) is 1. The van der Waals surface area contributed by atoms with Gasteiger partial charge in [0.15, 0.2) is 0 Å². The van der Waals surface area contributed by atoms with Gasteiger partial charge < -0.3 is 10.1 Å². The number of hydrogen-bond donors (Lipinski definition) is 1. The lowest BCUT2D eigenvalue weighted by Crippen LogP contribution is -2.42. The van der Waals surface area contributed by atoms with E-state index in [1.54, 1.807) is 16.2 Å². The van der Waals surface area contributed by atoms with Crippen molar-refractivity contribution in [2.45, 2.75) is 26.8 Å². The molecule has 1 N–H and O–H groups in total. The van der Waals surface area contributed by atoms with Crippen molar-refractivity contribution < 1.29 is 14.3 Å². The molecule has 1 unspecified atom stereocenters. The first-order valence-corrected chi connectivity index (χ1v) is 7.97. The molecular formula is C15H24N2O3S. The molecule has 0 aliphatic carbocycles. The maximum absolute atomic E-state index is 12.2. The standard InChI is InChI=1S/C15H24N2O3S/c1-5-17(10-14(19)20-4)9-13(18)16-15(11(2)3)12-7-6-8-21-12/h6-8,11,15H,5,9-10H2,1-4H3,(H,16,18). The van der Waals surface area contributed by atoms with Crippen LogP contribution in [0.4, 0.5) is 0 Å². The van der Waals surface area contributed by atoms with Crippen LogP contribution < -0.4 is 5.32 Å². The molecule has 1 aromatic heterocycles. The van der Waals surface area contributed by atoms with Gasteiger partial charge in [-0.2, -0.15) is 0 Å². The highest BCUT2D eigenvalue weighted by molar-refractivity contribution is 7.10. The molecule has 0 spiro atoms. The molecule has 6 heteroatoms. The highest BCUT2D eigenvalue weighted by atomic mass is 32.1. The van der Waals surface area contributed by atoms with Crippen LogP contribution >= 0.6 is 11.3 Å². The molecule has 0 aliphatic heterocycles. The summed E-state index contributed by atoms with van der Waals surface area (Å²) in [5, 5.41) is 5.06. The Morgan fingerprint density at radius 3 is 2.57 bits per heavy atom. The number of methoxy groups -OCH3 is 1. The smallest absolute Gasteiger partial charge is 0.319 e. The molecule has 1 atom stereocenters. The molecular weight excluding hydrogens is 288 g/mol. The molecule has 0 saturated heterocycles. The predicted octanol–water partition coefficient (Wildman–Crippen LogP) is 2.06. The number of nitrogens with zero attached hydrogens (tertiary/aromatic N) is 1. The number of carbonyl (C=O) groups excluding carboxylic acids is 2. The molecule has 1 aromatic rings. The summed E-state index contributed by atoms with van der Waals surface area (Å²) in [6, 6.07) is 4.02. The normalized spacial score (nSPS) is 12.5. The molecule has 118 valence electrons. The van der Waals surface area contributed by atoms with E-state index in [2.05, 4.69) is 23.9 Å². The largest absolute Gasteiger partial charge is 0.468 e. The Hall–Kier alpha value is -1.40. The molecule has 0 aromatic carbocycles. The number of hydrogen-bond acceptors (Lipinski definition) is 5. The predicted molar refractivity (Wildman–Crippen MR) is 84.2 cm³/mol. The van der Waals surface area contributed by atoms with E-state index in [9.17, 15) is 9.59 Å². The molecule has 1 rings (SSSR count). The maximum Gasteiger partial charge on any atom is 0.319 e. The van der Waals surface area contributed by atoms with Gasteiger partial charge in [0.2, 0.25) is 5.91 Å². The summed E-state index contributed by atoms with van der Waals surface area (Å²) in [6.45, 7) is 7.02. The van der Waals surface area contributed by atoms with Gasteiger partial charge in [-0.25, -0.2) is 0 Å². The number of rotatable bonds is 8. The first kappa shape index (κ1) is 17.7. The van der Waals surface area contributed by atoms with Crippen LogP contribution in [0.25, 0.3) is 0 Å². The zero-order valence-electron chi connectivity index (χ0n) is 13.1. The van der Waals surface area contributed by atoms with Gasteiger partial charge in [-0.05, 0) is 23.9 Å². The highest BCUT2D eigenvalue weighted by Gasteiger charge is 2.21. The van der Waals surface area contributed by atoms with Crippen molar-refractivity contribution >= 4 is 23.2 Å². The van der Waals surface area contributed by atoms with Gasteiger partial charge in [-0.1, -0.05) is 26.8 Å². The van der Waals surface area contributed by atoms with Crippen molar-refractivity contribution in [1.82, 2.24) is 10.2 Å². The number of amides is 1. The SMILES string of the molecule is CCN(CC(=O)NC(c1cccs1)C(C)C)CC(=O)OC. The van der Waals surface area contributed by atoms with Gasteiger partial charge in [-0.15, -0.1) is 11.3 Å². The summed E-state index contributed by atoms with van der Waals surface area (Å²) >= 11 is 1.64. The van der Waals surface area contributed by atoms with Crippen molar-refractivity contribution in [2.24, 2.45) is 5.92 Å². The molecule has 0 aliphatic rings. The number of carbonyl (C=O) groups is 2. The third-order valence-electron chi connectivity index (χ3n) is 3.23. The average molecular weight is 312 g/mol. The first-order valence-electron chi connectivity index (χ1n) is 7.09. The lowest BCUT2D eigenvalue weighted by molar-refractivity contribution is -0.142. The summed E-state index contributed by atoms with van der Waals surface area (Å²) in [7, 11) is 1.35. The Kier molecular flexibility index (Phi) is 7.39. The van der Waals surface area contributed by atoms with Crippen LogP contribution in [-0.4, -0.2) is 43.5 Å². The lowest BCUT2D eigenvalue weighted by atomic mass is 10.0. The van der Waals surface area contributed by atoms with Gasteiger partial charge in [0.25, 0.3) is 0 Å². The van der Waals surface area contributed by atoms with Crippen LogP contribution in [0.1, 0.15) is 31.7 Å². The molecule has 21 heavy (non-hydrogen) atoms. The van der Waals surface area contributed by atoms with E-state index in [-0.39, 0.29) is 31.0 Å². The topological polar surface area (TPSA) is 58.6 Å². The second-order valence-corrected chi connectivity index (χ2v) is 6.16. The minimum absolute atomic E-state index is 0.00864. The Morgan fingerprint density at radius 2 is 2.10 bits per heavy atom. The van der Waals surface area contributed by atoms with Crippen molar-refractivity contribution in [1.29, 1.82) is 0 Å². The van der Waals surface area contributed by atoms with E-state index in [0.29, 0.717) is 12.5 Å². The van der Waals surface area contributed by atoms with E-state index >= 15 is 0 Å². The van der Waals surface area contributed by atoms with Crippen molar-refractivity contribution in [2.75, 3.05) is 26.7 Å². The average Bonchev–Trinajstić information content (AvgIpc) is 2.97. The minimum atomic E-state index is -0.330. The summed E-state index contributed by atoms with van der Waals surface area (Å²) < 4.78 is 4.63. The van der Waals surface area contributed by atoms with Crippen molar-refractivity contribution in [3.8, 4) is 0 Å². The molecule has 1 amide bonds. The van der Waals surface area contributed by atoms with E-state index in [0.717, 1.165) is 4.88 Å². The summed E-state index contributed by atoms with van der Waals surface area (Å²) in [5.41, 5.74) is 0. The van der Waals surface area contributed by atoms with Crippen LogP contribution in [0.15, 0.2) is 17.5 Å². The molecule has 0 bridgehead atoms. The summed E-state index contributed by atoms with van der Waals surface area (Å²) in [5.74, 6) is -0.0977. The number of nitrogens with one attached hydrogen (secondary N) is 1. The zero-order valence-corrected chi connectivity index (χ0v) is 13.9. The van der Waals surface area contributed by atoms with E-state index in [1.165, 1.54) is 7.11 Å². The summed E-state index contributed by atoms with van der Waals surface area (Å²) in [6.07, 6.45) is 0. The number of esters is 1. The van der Waals surface area contributed by atoms with Gasteiger partial charge in [0.05, 0.1) is 26.2 Å². The molecule has 0 fully saturated rings. The van der Waals surface area contributed by atoms with E-state index in [4.69, 9.17) is 0 Å². The summed E-state index contributed by atoms with van der Waals surface area (Å²) in [4.78, 5) is 26.4. The number of likely N-dealkylation sites (N-methyl/N-ethyl adjacent to an activating group) is 1. The van der Waals surface area contributed by atoms with Gasteiger partial charge >= 0.3 is 5.97 Å². The van der Waals surface area contributed by atoms with E-state index < -0.39 is 0 Å². The Morgan fingerprint density at radius 1 is 1.38 bits per heavy atom. The quantitative estimate of drug-likeness (QED) is 0.747. The molecule has 0 radical (unpaired) electrons. The van der Waals surface area contributed by atoms with Crippen LogP contribution in [0.5, 0.6) is 0 Å². The van der Waals surface area contributed by atoms with Crippen LogP contribution in [0, 0.1) is 5.92 Å². The number of thiophene rings is 1. The van der Waals surface area contributed by atoms with Gasteiger partial charge in [-0.3, -0.25) is 14.5 Å². The van der Waals surface area contributed by atoms with Gasteiger partial charge in [0.1, 0.15) is 0 Å². The zero-order chi connectivity index (χ0) is 15.8. The second-order valence-electron chi connectivity index (χ2n) is 5.18. The monoisotopic (exact) mass is 312 g/mol. The second kappa shape index (κ2) is 8.79. The molecule has 1 heterocycles. The van der Waals surface area contributed by atoms with E-state index in [1.807, 2.05) is 24.4 Å². The van der Waals surface area contributed by atoms with Crippen LogP contribution in [0.3, 0.4) is 0 Å². The lowest BCUT2D eigenvalue weighted by Gasteiger charge is -2.24. The fourth-order valence-electron chi connectivity index (χ4n) is 1.98.